The number of Topliss-reactive ketones (excluding diaryl/α,β-unsaturated/α-hetero) is 2. The maximum Gasteiger partial charge on any atom is 0.411 e. The van der Waals surface area contributed by atoms with Gasteiger partial charge in [0.1, 0.15) is 17.1 Å². The van der Waals surface area contributed by atoms with Gasteiger partial charge in [-0.15, -0.1) is 0 Å². The van der Waals surface area contributed by atoms with Crippen LogP contribution in [0.5, 0.6) is 5.75 Å². The van der Waals surface area contributed by atoms with E-state index in [1.165, 1.54) is 25.1 Å². The second-order valence-electron chi connectivity index (χ2n) is 11.6. The van der Waals surface area contributed by atoms with Gasteiger partial charge in [0.05, 0.1) is 23.9 Å². The number of carbonyl (C=O) groups is 4. The van der Waals surface area contributed by atoms with Crippen LogP contribution in [0.25, 0.3) is 5.76 Å². The Labute approximate surface area is 236 Å². The average molecular weight is 573 g/mol. The lowest BCUT2D eigenvalue weighted by Gasteiger charge is -2.50. The number of fused-ring (bicyclic) bond motifs is 3. The predicted octanol–water partition coefficient (Wildman–Crippen LogP) is 1.23. The first-order chi connectivity index (χ1) is 19.0. The Bertz CT molecular complexity index is 1410. The Morgan fingerprint density at radius 3 is 2.34 bits per heavy atom. The van der Waals surface area contributed by atoms with Crippen molar-refractivity contribution in [3.05, 3.63) is 34.1 Å². The number of benzene rings is 1. The zero-order chi connectivity index (χ0) is 30.7. The first-order valence-corrected chi connectivity index (χ1v) is 13.2. The number of phenols is 1. The van der Waals surface area contributed by atoms with Crippen molar-refractivity contribution in [2.45, 2.75) is 38.3 Å². The van der Waals surface area contributed by atoms with Gasteiger partial charge in [0, 0.05) is 31.3 Å². The van der Waals surface area contributed by atoms with E-state index in [2.05, 4.69) is 5.32 Å². The molecule has 0 radical (unpaired) electrons. The molecule has 0 aromatic heterocycles. The van der Waals surface area contributed by atoms with Gasteiger partial charge in [-0.3, -0.25) is 24.6 Å². The van der Waals surface area contributed by atoms with Crippen LogP contribution in [0.2, 0.25) is 0 Å². The summed E-state index contributed by atoms with van der Waals surface area (Å²) in [4.78, 5) is 54.9. The number of ketones is 2. The molecule has 0 spiro atoms. The molecule has 3 aliphatic rings. The summed E-state index contributed by atoms with van der Waals surface area (Å²) in [6.07, 6.45) is -0.741. The normalized spacial score (nSPS) is 25.6. The number of amides is 2. The van der Waals surface area contributed by atoms with Crippen molar-refractivity contribution in [1.29, 1.82) is 0 Å². The van der Waals surface area contributed by atoms with Crippen molar-refractivity contribution in [3.63, 3.8) is 0 Å². The largest absolute Gasteiger partial charge is 0.508 e. The van der Waals surface area contributed by atoms with E-state index in [0.29, 0.717) is 11.3 Å². The van der Waals surface area contributed by atoms with Gasteiger partial charge in [-0.2, -0.15) is 0 Å². The van der Waals surface area contributed by atoms with Crippen LogP contribution < -0.4 is 16.0 Å². The highest BCUT2D eigenvalue weighted by Crippen LogP contribution is 2.54. The summed E-state index contributed by atoms with van der Waals surface area (Å²) >= 11 is 0. The highest BCUT2D eigenvalue weighted by molar-refractivity contribution is 6.24. The van der Waals surface area contributed by atoms with Crippen molar-refractivity contribution >= 4 is 40.7 Å². The molecule has 4 atom stereocenters. The van der Waals surface area contributed by atoms with Crippen LogP contribution >= 0.6 is 0 Å². The number of nitrogens with one attached hydrogen (secondary N) is 1. The van der Waals surface area contributed by atoms with Crippen LogP contribution in [0.3, 0.4) is 0 Å². The van der Waals surface area contributed by atoms with Gasteiger partial charge in [0.2, 0.25) is 5.78 Å². The number of likely N-dealkylation sites (N-methyl/N-ethyl adjacent to an activating group) is 1. The highest BCUT2D eigenvalue weighted by Gasteiger charge is 2.64. The Morgan fingerprint density at radius 2 is 1.80 bits per heavy atom. The lowest BCUT2D eigenvalue weighted by Crippen LogP contribution is -2.65. The fourth-order valence-electron chi connectivity index (χ4n) is 6.17. The highest BCUT2D eigenvalue weighted by atomic mass is 16.5. The van der Waals surface area contributed by atoms with Crippen LogP contribution in [0, 0.1) is 17.8 Å². The molecule has 1 saturated carbocycles. The van der Waals surface area contributed by atoms with Crippen molar-refractivity contribution in [2.75, 3.05) is 45.0 Å². The first-order valence-electron chi connectivity index (χ1n) is 13.2. The number of rotatable bonds is 6. The zero-order valence-electron chi connectivity index (χ0n) is 23.8. The molecule has 0 saturated heterocycles. The molecule has 0 bridgehead atoms. The maximum atomic E-state index is 14.0. The van der Waals surface area contributed by atoms with Crippen molar-refractivity contribution in [3.8, 4) is 5.75 Å². The lowest BCUT2D eigenvalue weighted by atomic mass is 9.57. The second-order valence-corrected chi connectivity index (χ2v) is 11.6. The van der Waals surface area contributed by atoms with Crippen LogP contribution in [-0.4, -0.2) is 95.3 Å². The summed E-state index contributed by atoms with van der Waals surface area (Å²) < 4.78 is 5.15. The number of primary amides is 1. The van der Waals surface area contributed by atoms with E-state index in [4.69, 9.17) is 10.5 Å². The number of phenolic OH excluding ortho intramolecular Hbond substituents is 1. The van der Waals surface area contributed by atoms with Gasteiger partial charge in [0.15, 0.2) is 17.1 Å². The minimum absolute atomic E-state index is 0.0269. The summed E-state index contributed by atoms with van der Waals surface area (Å²) in [5.41, 5.74) is 2.24. The number of nitrogens with zero attached hydrogens (tertiary/aromatic N) is 2. The maximum absolute atomic E-state index is 14.0. The number of hydrogen-bond acceptors (Lipinski definition) is 11. The van der Waals surface area contributed by atoms with Crippen molar-refractivity contribution in [1.82, 2.24) is 4.90 Å². The molecule has 1 aromatic rings. The number of nitrogens with two attached hydrogens (primary N) is 1. The molecular weight excluding hydrogens is 536 g/mol. The number of aromatic hydroxyl groups is 1. The first kappa shape index (κ1) is 29.9. The van der Waals surface area contributed by atoms with E-state index < -0.39 is 69.9 Å². The predicted molar refractivity (Wildman–Crippen MR) is 148 cm³/mol. The summed E-state index contributed by atoms with van der Waals surface area (Å²) in [7, 11) is 6.53. The summed E-state index contributed by atoms with van der Waals surface area (Å²) in [5.74, 6) is -7.39. The number of carbonyl (C=O) groups excluding carboxylic acids is 4. The summed E-state index contributed by atoms with van der Waals surface area (Å²) in [5, 5.41) is 47.9. The molecule has 222 valence electrons. The fourth-order valence-corrected chi connectivity index (χ4v) is 6.17. The van der Waals surface area contributed by atoms with E-state index in [1.54, 1.807) is 19.0 Å². The van der Waals surface area contributed by atoms with Gasteiger partial charge < -0.3 is 35.8 Å². The number of ether oxygens (including phenoxy) is 1. The summed E-state index contributed by atoms with van der Waals surface area (Å²) in [6.45, 7) is 3.84. The Kier molecular flexibility index (Phi) is 7.56. The molecule has 0 aliphatic heterocycles. The van der Waals surface area contributed by atoms with E-state index in [-0.39, 0.29) is 42.2 Å². The molecule has 0 heterocycles. The van der Waals surface area contributed by atoms with Gasteiger partial charge >= 0.3 is 6.09 Å². The standard InChI is InChI=1S/C28H36N4O9/c1-11(2)10-41-27(39)30-15-9-16(31(3)4)13-7-12-8-14-20(32(5)6)23(35)19(26(29)38)25(37)28(14,40)24(36)17(12)22(34)18(13)21(15)33/h9,11-12,14,20,33-34,37,40H,7-8,10H2,1-6H3,(H2,29,38)(H,30,39). The van der Waals surface area contributed by atoms with E-state index in [1.807, 2.05) is 13.8 Å². The summed E-state index contributed by atoms with van der Waals surface area (Å²) in [6, 6.07) is 0.349. The monoisotopic (exact) mass is 572 g/mol. The molecule has 13 nitrogen and oxygen atoms in total. The molecule has 41 heavy (non-hydrogen) atoms. The smallest absolute Gasteiger partial charge is 0.411 e. The molecule has 3 aliphatic carbocycles. The number of anilines is 2. The zero-order valence-corrected chi connectivity index (χ0v) is 23.8. The van der Waals surface area contributed by atoms with Crippen LogP contribution in [0.1, 0.15) is 31.4 Å². The Balaban J connectivity index is 1.91. The van der Waals surface area contributed by atoms with Gasteiger partial charge in [-0.1, -0.05) is 13.8 Å². The van der Waals surface area contributed by atoms with Gasteiger partial charge in [-0.05, 0) is 50.4 Å². The van der Waals surface area contributed by atoms with E-state index in [0.717, 1.165) is 0 Å². The number of aliphatic hydroxyl groups is 3. The SMILES string of the molecule is CC(C)COC(=O)Nc1cc(N(C)C)c2c(c1O)C(O)=C1C(=O)C3(O)C(O)=C(C(N)=O)C(=O)C(N(C)C)C3CC1C2. The Hall–Kier alpha value is -4.10. The molecule has 4 unspecified atom stereocenters. The average Bonchev–Trinajstić information content (AvgIpc) is 2.85. The van der Waals surface area contributed by atoms with Crippen molar-refractivity contribution in [2.24, 2.45) is 23.5 Å². The quantitative estimate of drug-likeness (QED) is 0.211. The third kappa shape index (κ3) is 4.58. The Morgan fingerprint density at radius 1 is 1.17 bits per heavy atom. The molecular formula is C28H36N4O9. The molecule has 4 rings (SSSR count). The minimum Gasteiger partial charge on any atom is -0.508 e. The molecule has 13 heteroatoms. The number of aliphatic hydroxyl groups excluding tert-OH is 2. The number of hydrogen-bond donors (Lipinski definition) is 6. The van der Waals surface area contributed by atoms with E-state index >= 15 is 0 Å². The lowest BCUT2D eigenvalue weighted by molar-refractivity contribution is -0.153. The topological polar surface area (TPSA) is 203 Å². The van der Waals surface area contributed by atoms with Crippen LogP contribution in [0.4, 0.5) is 16.2 Å². The molecule has 2 amide bonds. The van der Waals surface area contributed by atoms with Crippen molar-refractivity contribution < 1.29 is 44.3 Å². The second kappa shape index (κ2) is 10.4. The molecule has 7 N–H and O–H groups in total. The third-order valence-electron chi connectivity index (χ3n) is 7.96. The molecule has 1 fully saturated rings. The fraction of sp³-hybridized carbons (Fsp3) is 0.500. The van der Waals surface area contributed by atoms with Gasteiger partial charge in [0.25, 0.3) is 5.91 Å². The minimum atomic E-state index is -2.74. The molecule has 1 aromatic carbocycles. The van der Waals surface area contributed by atoms with Gasteiger partial charge in [-0.25, -0.2) is 4.79 Å². The van der Waals surface area contributed by atoms with Crippen LogP contribution in [-0.2, 0) is 25.5 Å². The van der Waals surface area contributed by atoms with E-state index in [9.17, 15) is 39.6 Å². The van der Waals surface area contributed by atoms with Crippen LogP contribution in [0.15, 0.2) is 23.0 Å². The third-order valence-corrected chi connectivity index (χ3v) is 7.96.